The number of carbonyl (C=O) groups excluding carboxylic acids is 1. The van der Waals surface area contributed by atoms with Crippen molar-refractivity contribution in [2.24, 2.45) is 5.16 Å². The van der Waals surface area contributed by atoms with Gasteiger partial charge in [-0.2, -0.15) is 0 Å². The summed E-state index contributed by atoms with van der Waals surface area (Å²) < 4.78 is 15.5. The Morgan fingerprint density at radius 1 is 1.05 bits per heavy atom. The lowest BCUT2D eigenvalue weighted by Gasteiger charge is -2.10. The van der Waals surface area contributed by atoms with E-state index in [4.69, 9.17) is 19.4 Å². The van der Waals surface area contributed by atoms with E-state index >= 15 is 0 Å². The molecule has 0 aliphatic rings. The molecule has 0 aliphatic heterocycles. The fraction of sp³-hybridized carbons (Fsp3) is 0.125. The summed E-state index contributed by atoms with van der Waals surface area (Å²) in [5, 5.41) is 11.5. The maximum atomic E-state index is 12.1. The van der Waals surface area contributed by atoms with Crippen LogP contribution in [0.25, 0.3) is 0 Å². The topological polar surface area (TPSA) is 77.4 Å². The maximum absolute atomic E-state index is 12.1. The predicted molar refractivity (Wildman–Crippen MR) is 80.3 cm³/mol. The zero-order valence-corrected chi connectivity index (χ0v) is 12.1. The van der Waals surface area contributed by atoms with Crippen molar-refractivity contribution in [1.29, 1.82) is 0 Å². The van der Waals surface area contributed by atoms with Crippen molar-refractivity contribution in [2.75, 3.05) is 14.2 Å². The normalized spacial score (nSPS) is 10.5. The van der Waals surface area contributed by atoms with Crippen molar-refractivity contribution >= 4 is 12.2 Å². The Morgan fingerprint density at radius 3 is 2.36 bits per heavy atom. The molecule has 2 rings (SSSR count). The van der Waals surface area contributed by atoms with E-state index in [1.807, 2.05) is 0 Å². The second kappa shape index (κ2) is 7.12. The van der Waals surface area contributed by atoms with E-state index < -0.39 is 5.97 Å². The highest BCUT2D eigenvalue weighted by Gasteiger charge is 2.13. The average molecular weight is 301 g/mol. The van der Waals surface area contributed by atoms with Crippen LogP contribution in [0.3, 0.4) is 0 Å². The van der Waals surface area contributed by atoms with Crippen molar-refractivity contribution in [3.8, 4) is 17.2 Å². The van der Waals surface area contributed by atoms with Gasteiger partial charge in [-0.25, -0.2) is 4.79 Å². The Balaban J connectivity index is 2.19. The van der Waals surface area contributed by atoms with Gasteiger partial charge in [0.15, 0.2) is 11.5 Å². The molecule has 1 N–H and O–H groups in total. The number of nitrogens with zero attached hydrogens (tertiary/aromatic N) is 1. The summed E-state index contributed by atoms with van der Waals surface area (Å²) in [7, 11) is 3.01. The zero-order valence-electron chi connectivity index (χ0n) is 12.1. The van der Waals surface area contributed by atoms with Gasteiger partial charge in [0.2, 0.25) is 0 Å². The van der Waals surface area contributed by atoms with E-state index in [1.165, 1.54) is 13.3 Å². The minimum Gasteiger partial charge on any atom is -0.497 e. The fourth-order valence-corrected chi connectivity index (χ4v) is 1.80. The van der Waals surface area contributed by atoms with Crippen molar-refractivity contribution in [3.05, 3.63) is 53.6 Å². The number of ether oxygens (including phenoxy) is 3. The molecule has 6 nitrogen and oxygen atoms in total. The summed E-state index contributed by atoms with van der Waals surface area (Å²) in [5.74, 6) is 0.781. The van der Waals surface area contributed by atoms with Gasteiger partial charge in [-0.3, -0.25) is 0 Å². The first-order chi connectivity index (χ1) is 10.7. The predicted octanol–water partition coefficient (Wildman–Crippen LogP) is 2.73. The summed E-state index contributed by atoms with van der Waals surface area (Å²) in [6, 6.07) is 11.4. The molecule has 0 unspecified atom stereocenters. The van der Waals surface area contributed by atoms with Crippen molar-refractivity contribution < 1.29 is 24.2 Å². The summed E-state index contributed by atoms with van der Waals surface area (Å²) >= 11 is 0. The van der Waals surface area contributed by atoms with Crippen LogP contribution < -0.4 is 14.2 Å². The number of methoxy groups -OCH3 is 2. The van der Waals surface area contributed by atoms with Crippen molar-refractivity contribution in [2.45, 2.75) is 0 Å². The molecule has 0 heterocycles. The Hall–Kier alpha value is -3.02. The standard InChI is InChI=1S/C16H15NO5/c1-20-13-6-4-12(5-7-13)16(18)22-14-8-3-11(10-17-19)9-15(14)21-2/h3-10,19H,1-2H3. The molecule has 114 valence electrons. The number of benzene rings is 2. The van der Waals surface area contributed by atoms with Gasteiger partial charge in [-0.1, -0.05) is 5.16 Å². The van der Waals surface area contributed by atoms with Gasteiger partial charge in [0.25, 0.3) is 0 Å². The number of carbonyl (C=O) groups is 1. The number of esters is 1. The Bertz CT molecular complexity index is 679. The molecule has 0 amide bonds. The maximum Gasteiger partial charge on any atom is 0.343 e. The van der Waals surface area contributed by atoms with Gasteiger partial charge >= 0.3 is 5.97 Å². The van der Waals surface area contributed by atoms with Crippen LogP contribution in [0, 0.1) is 0 Å². The van der Waals surface area contributed by atoms with Crippen LogP contribution in [0.15, 0.2) is 47.6 Å². The second-order valence-corrected chi connectivity index (χ2v) is 4.27. The van der Waals surface area contributed by atoms with Gasteiger partial charge in [0.05, 0.1) is 26.0 Å². The molecular weight excluding hydrogens is 286 g/mol. The van der Waals surface area contributed by atoms with Gasteiger partial charge < -0.3 is 19.4 Å². The third-order valence-corrected chi connectivity index (χ3v) is 2.92. The van der Waals surface area contributed by atoms with E-state index in [0.29, 0.717) is 22.6 Å². The lowest BCUT2D eigenvalue weighted by molar-refractivity contribution is 0.0729. The third-order valence-electron chi connectivity index (χ3n) is 2.92. The first-order valence-electron chi connectivity index (χ1n) is 6.39. The first kappa shape index (κ1) is 15.4. The number of hydrogen-bond donors (Lipinski definition) is 1. The van der Waals surface area contributed by atoms with Crippen molar-refractivity contribution in [3.63, 3.8) is 0 Å². The highest BCUT2D eigenvalue weighted by Crippen LogP contribution is 2.28. The van der Waals surface area contributed by atoms with Crippen LogP contribution >= 0.6 is 0 Å². The highest BCUT2D eigenvalue weighted by molar-refractivity contribution is 5.91. The molecule has 0 atom stereocenters. The first-order valence-corrected chi connectivity index (χ1v) is 6.39. The van der Waals surface area contributed by atoms with E-state index in [-0.39, 0.29) is 5.75 Å². The summed E-state index contributed by atoms with van der Waals surface area (Å²) in [6.45, 7) is 0. The molecule has 0 aromatic heterocycles. The van der Waals surface area contributed by atoms with Crippen LogP contribution in [-0.2, 0) is 0 Å². The lowest BCUT2D eigenvalue weighted by atomic mass is 10.2. The molecule has 2 aromatic rings. The van der Waals surface area contributed by atoms with Gasteiger partial charge in [0, 0.05) is 5.56 Å². The van der Waals surface area contributed by atoms with Gasteiger partial charge in [0.1, 0.15) is 5.75 Å². The monoisotopic (exact) mass is 301 g/mol. The fourth-order valence-electron chi connectivity index (χ4n) is 1.80. The molecule has 0 aliphatic carbocycles. The molecule has 6 heteroatoms. The second-order valence-electron chi connectivity index (χ2n) is 4.27. The summed E-state index contributed by atoms with van der Waals surface area (Å²) in [6.07, 6.45) is 1.25. The van der Waals surface area contributed by atoms with Crippen LogP contribution in [0.1, 0.15) is 15.9 Å². The summed E-state index contributed by atoms with van der Waals surface area (Å²) in [4.78, 5) is 12.1. The van der Waals surface area contributed by atoms with Gasteiger partial charge in [-0.05, 0) is 42.5 Å². The van der Waals surface area contributed by atoms with E-state index in [9.17, 15) is 4.79 Å². The number of oxime groups is 1. The van der Waals surface area contributed by atoms with Crippen LogP contribution in [0.5, 0.6) is 17.2 Å². The molecular formula is C16H15NO5. The van der Waals surface area contributed by atoms with E-state index in [2.05, 4.69) is 5.16 Å². The molecule has 22 heavy (non-hydrogen) atoms. The molecule has 0 saturated carbocycles. The van der Waals surface area contributed by atoms with E-state index in [1.54, 1.807) is 49.6 Å². The molecule has 0 spiro atoms. The largest absolute Gasteiger partial charge is 0.497 e. The Morgan fingerprint density at radius 2 is 1.77 bits per heavy atom. The lowest BCUT2D eigenvalue weighted by Crippen LogP contribution is -2.09. The SMILES string of the molecule is COc1ccc(C(=O)Oc2ccc(C=NO)cc2OC)cc1. The Kier molecular flexibility index (Phi) is 4.98. The molecule has 0 saturated heterocycles. The molecule has 2 aromatic carbocycles. The number of rotatable bonds is 5. The van der Waals surface area contributed by atoms with Gasteiger partial charge in [-0.15, -0.1) is 0 Å². The minimum atomic E-state index is -0.510. The molecule has 0 fully saturated rings. The third kappa shape index (κ3) is 3.54. The van der Waals surface area contributed by atoms with Crippen molar-refractivity contribution in [1.82, 2.24) is 0 Å². The smallest absolute Gasteiger partial charge is 0.343 e. The Labute approximate surface area is 127 Å². The van der Waals surface area contributed by atoms with E-state index in [0.717, 1.165) is 0 Å². The summed E-state index contributed by atoms with van der Waals surface area (Å²) in [5.41, 5.74) is 1.01. The number of hydrogen-bond acceptors (Lipinski definition) is 6. The van der Waals surface area contributed by atoms with Crippen LogP contribution in [-0.4, -0.2) is 31.6 Å². The quantitative estimate of drug-likeness (QED) is 0.302. The van der Waals surface area contributed by atoms with Crippen LogP contribution in [0.2, 0.25) is 0 Å². The molecule has 0 bridgehead atoms. The average Bonchev–Trinajstić information content (AvgIpc) is 2.56. The molecule has 0 radical (unpaired) electrons. The van der Waals surface area contributed by atoms with Crippen LogP contribution in [0.4, 0.5) is 0 Å². The zero-order chi connectivity index (χ0) is 15.9. The minimum absolute atomic E-state index is 0.276. The highest BCUT2D eigenvalue weighted by atomic mass is 16.6.